The quantitative estimate of drug-likeness (QED) is 0.268. The van der Waals surface area contributed by atoms with Gasteiger partial charge >= 0.3 is 20.4 Å². The van der Waals surface area contributed by atoms with Gasteiger partial charge < -0.3 is 12.4 Å². The minimum atomic E-state index is 0. The SMILES string of the molecule is [B+]=CC.[Cl-]. The van der Waals surface area contributed by atoms with E-state index in [0.29, 0.717) is 0 Å². The van der Waals surface area contributed by atoms with E-state index in [1.54, 1.807) is 6.92 Å². The van der Waals surface area contributed by atoms with Gasteiger partial charge in [-0.1, -0.05) is 0 Å². The van der Waals surface area contributed by atoms with Crippen LogP contribution in [0, 0.1) is 0 Å². The molecule has 0 heterocycles. The van der Waals surface area contributed by atoms with E-state index in [-0.39, 0.29) is 12.4 Å². The summed E-state index contributed by atoms with van der Waals surface area (Å²) >= 11 is 0. The van der Waals surface area contributed by atoms with Crippen LogP contribution in [-0.4, -0.2) is 13.5 Å². The Morgan fingerprint density at radius 1 is 1.75 bits per heavy atom. The minimum Gasteiger partial charge on any atom is -1.00 e. The first kappa shape index (κ1) is 8.88. The molecule has 2 heteroatoms. The molecule has 0 aromatic heterocycles. The standard InChI is InChI=1S/C2H4B.ClH/c1-2-3;/h2H,1H3;1H/q+1;/p-1. The Morgan fingerprint density at radius 3 is 1.75 bits per heavy atom. The van der Waals surface area contributed by atoms with Crippen molar-refractivity contribution in [3.63, 3.8) is 0 Å². The molecule has 0 aromatic carbocycles. The second-order valence-electron chi connectivity index (χ2n) is 0.333. The third-order valence-corrected chi connectivity index (χ3v) is 0. The summed E-state index contributed by atoms with van der Waals surface area (Å²) in [5.74, 6) is 1.50. The van der Waals surface area contributed by atoms with Crippen molar-refractivity contribution >= 4 is 13.5 Å². The molecule has 22 valence electrons. The van der Waals surface area contributed by atoms with Gasteiger partial charge in [-0.25, -0.2) is 0 Å². The molecule has 0 aliphatic carbocycles. The molecule has 0 aliphatic heterocycles. The molecular formula is C2H4BCl. The normalized spacial score (nSPS) is 3.75. The van der Waals surface area contributed by atoms with Crippen LogP contribution in [-0.2, 0) is 0 Å². The Kier molecular flexibility index (Phi) is 23.6. The molecule has 4 heavy (non-hydrogen) atoms. The fourth-order valence-corrected chi connectivity index (χ4v) is 0. The molecule has 0 rings (SSSR count). The third-order valence-electron chi connectivity index (χ3n) is 0. The van der Waals surface area contributed by atoms with Gasteiger partial charge in [-0.15, -0.1) is 0 Å². The summed E-state index contributed by atoms with van der Waals surface area (Å²) in [6.45, 7) is 1.78. The van der Waals surface area contributed by atoms with E-state index >= 15 is 0 Å². The minimum absolute atomic E-state index is 0. The van der Waals surface area contributed by atoms with E-state index in [1.165, 1.54) is 5.97 Å². The fraction of sp³-hybridized carbons (Fsp3) is 0.500. The monoisotopic (exact) mass is 74.0 g/mol. The zero-order valence-electron chi connectivity index (χ0n) is 2.53. The van der Waals surface area contributed by atoms with Crippen molar-refractivity contribution < 1.29 is 12.4 Å². The number of hydrogen-bond donors (Lipinski definition) is 0. The van der Waals surface area contributed by atoms with Crippen LogP contribution in [0.2, 0.25) is 0 Å². The predicted octanol–water partition coefficient (Wildman–Crippen LogP) is -3.02. The van der Waals surface area contributed by atoms with Crippen LogP contribution < -0.4 is 12.4 Å². The second kappa shape index (κ2) is 10.6. The molecule has 0 fully saturated rings. The van der Waals surface area contributed by atoms with Crippen LogP contribution in [0.15, 0.2) is 0 Å². The van der Waals surface area contributed by atoms with E-state index in [9.17, 15) is 0 Å². The molecule has 0 atom stereocenters. The topological polar surface area (TPSA) is 0 Å². The Hall–Kier alpha value is 0.225. The van der Waals surface area contributed by atoms with Gasteiger partial charge in [-0.2, -0.15) is 0 Å². The van der Waals surface area contributed by atoms with E-state index in [2.05, 4.69) is 0 Å². The summed E-state index contributed by atoms with van der Waals surface area (Å²) in [5.41, 5.74) is 0. The Morgan fingerprint density at radius 2 is 1.75 bits per heavy atom. The summed E-state index contributed by atoms with van der Waals surface area (Å²) in [5, 5.41) is 0. The molecule has 0 amide bonds. The molecule has 0 unspecified atom stereocenters. The molecular weight excluding hydrogens is 70.3 g/mol. The van der Waals surface area contributed by atoms with Gasteiger partial charge in [-0.05, 0) is 0 Å². The maximum Gasteiger partial charge on any atom is -1.00 e. The fourth-order valence-electron chi connectivity index (χ4n) is 0. The van der Waals surface area contributed by atoms with E-state index in [1.807, 2.05) is 0 Å². The van der Waals surface area contributed by atoms with Crippen molar-refractivity contribution in [2.24, 2.45) is 0 Å². The largest absolute Gasteiger partial charge is 1.00 e. The van der Waals surface area contributed by atoms with Gasteiger partial charge in [0.15, 0.2) is 0 Å². The summed E-state index contributed by atoms with van der Waals surface area (Å²) in [6.07, 6.45) is 0. The van der Waals surface area contributed by atoms with Gasteiger partial charge in [0.25, 0.3) is 0 Å². The first-order chi connectivity index (χ1) is 1.41. The van der Waals surface area contributed by atoms with Crippen LogP contribution in [0.1, 0.15) is 6.92 Å². The molecule has 0 spiro atoms. The molecule has 0 nitrogen and oxygen atoms in total. The average Bonchev–Trinajstić information content (AvgIpc) is 0.918. The second-order valence-corrected chi connectivity index (χ2v) is 0.333. The van der Waals surface area contributed by atoms with Gasteiger partial charge in [0.05, 0.1) is 0 Å². The molecule has 0 N–H and O–H groups in total. The Balaban J connectivity index is 0. The van der Waals surface area contributed by atoms with Gasteiger partial charge in [0.1, 0.15) is 0 Å². The smallest absolute Gasteiger partial charge is 1.00 e. The Labute approximate surface area is 33.7 Å². The van der Waals surface area contributed by atoms with Crippen LogP contribution in [0.3, 0.4) is 0 Å². The third kappa shape index (κ3) is 66.0. The number of hydrogen-bond acceptors (Lipinski definition) is 0. The first-order valence-electron chi connectivity index (χ1n) is 0.911. The zero-order chi connectivity index (χ0) is 2.71. The van der Waals surface area contributed by atoms with Crippen molar-refractivity contribution in [2.45, 2.75) is 6.92 Å². The molecule has 0 radical (unpaired) electrons. The molecule has 0 bridgehead atoms. The van der Waals surface area contributed by atoms with Crippen molar-refractivity contribution in [1.82, 2.24) is 0 Å². The molecule has 0 aromatic rings. The zero-order valence-corrected chi connectivity index (χ0v) is 3.29. The number of rotatable bonds is 0. The van der Waals surface area contributed by atoms with Crippen molar-refractivity contribution in [3.8, 4) is 0 Å². The first-order valence-corrected chi connectivity index (χ1v) is 0.911. The summed E-state index contributed by atoms with van der Waals surface area (Å²) in [6, 6.07) is 0. The molecule has 0 saturated carbocycles. The predicted molar refractivity (Wildman–Crippen MR) is 17.5 cm³/mol. The van der Waals surface area contributed by atoms with Crippen LogP contribution in [0.5, 0.6) is 0 Å². The van der Waals surface area contributed by atoms with Crippen LogP contribution >= 0.6 is 0 Å². The molecule has 0 saturated heterocycles. The average molecular weight is 74.3 g/mol. The maximum absolute atomic E-state index is 4.72. The van der Waals surface area contributed by atoms with Gasteiger partial charge in [0, 0.05) is 0 Å². The van der Waals surface area contributed by atoms with E-state index in [0.717, 1.165) is 0 Å². The van der Waals surface area contributed by atoms with Crippen molar-refractivity contribution in [2.75, 3.05) is 0 Å². The van der Waals surface area contributed by atoms with E-state index in [4.69, 9.17) is 7.49 Å². The Bertz CT molecular complexity index is 13.5. The van der Waals surface area contributed by atoms with Crippen LogP contribution in [0.25, 0.3) is 0 Å². The van der Waals surface area contributed by atoms with Gasteiger partial charge in [-0.3, -0.25) is 0 Å². The van der Waals surface area contributed by atoms with Crippen molar-refractivity contribution in [1.29, 1.82) is 0 Å². The summed E-state index contributed by atoms with van der Waals surface area (Å²) in [7, 11) is 4.72. The van der Waals surface area contributed by atoms with E-state index < -0.39 is 0 Å². The van der Waals surface area contributed by atoms with Crippen LogP contribution in [0.4, 0.5) is 0 Å². The molecule has 0 aliphatic rings. The summed E-state index contributed by atoms with van der Waals surface area (Å²) in [4.78, 5) is 0. The van der Waals surface area contributed by atoms with Gasteiger partial charge in [0.2, 0.25) is 0 Å². The maximum atomic E-state index is 4.72. The summed E-state index contributed by atoms with van der Waals surface area (Å²) < 4.78 is 0. The number of halogens is 1. The van der Waals surface area contributed by atoms with Crippen molar-refractivity contribution in [3.05, 3.63) is 0 Å².